The Hall–Kier alpha value is 0.571. The Kier molecular flexibility index (Phi) is 6.45. The first-order valence-corrected chi connectivity index (χ1v) is 11.7. The summed E-state index contributed by atoms with van der Waals surface area (Å²) in [5.41, 5.74) is 0. The Morgan fingerprint density at radius 1 is 0.909 bits per heavy atom. The van der Waals surface area contributed by atoms with E-state index in [0.717, 1.165) is 6.04 Å². The minimum atomic E-state index is -1.21. The first kappa shape index (κ1) is 11.6. The number of rotatable bonds is 5. The zero-order chi connectivity index (χ0) is 8.85. The van der Waals surface area contributed by atoms with Crippen molar-refractivity contribution in [1.82, 2.24) is 0 Å². The van der Waals surface area contributed by atoms with Crippen LogP contribution in [-0.2, 0) is 8.23 Å². The fourth-order valence-electron chi connectivity index (χ4n) is 0.832. The van der Waals surface area contributed by atoms with Gasteiger partial charge in [-0.1, -0.05) is 6.92 Å². The highest BCUT2D eigenvalue weighted by Gasteiger charge is 2.13. The van der Waals surface area contributed by atoms with Crippen molar-refractivity contribution in [3.63, 3.8) is 0 Å². The van der Waals surface area contributed by atoms with Crippen LogP contribution in [0.5, 0.6) is 0 Å². The van der Waals surface area contributed by atoms with Crippen molar-refractivity contribution >= 4 is 27.4 Å². The van der Waals surface area contributed by atoms with Gasteiger partial charge in [0.1, 0.15) is 0 Å². The molecule has 0 bridgehead atoms. The topological polar surface area (TPSA) is 18.5 Å². The van der Waals surface area contributed by atoms with Crippen molar-refractivity contribution < 1.29 is 8.23 Å². The van der Waals surface area contributed by atoms with Gasteiger partial charge in [0.2, 0.25) is 0 Å². The summed E-state index contributed by atoms with van der Waals surface area (Å²) >= 11 is 0. The Morgan fingerprint density at radius 3 is 1.45 bits per heavy atom. The second-order valence-corrected chi connectivity index (χ2v) is 11.3. The highest BCUT2D eigenvalue weighted by atomic mass is 28.4. The molecule has 0 amide bonds. The van der Waals surface area contributed by atoms with E-state index in [0.29, 0.717) is 0 Å². The summed E-state index contributed by atoms with van der Waals surface area (Å²) in [6.45, 7) is 11.0. The molecule has 0 aromatic heterocycles. The summed E-state index contributed by atoms with van der Waals surface area (Å²) in [5, 5.41) is 0. The van der Waals surface area contributed by atoms with E-state index in [-0.39, 0.29) is 0 Å². The van der Waals surface area contributed by atoms with Gasteiger partial charge in [-0.2, -0.15) is 0 Å². The van der Waals surface area contributed by atoms with Crippen molar-refractivity contribution in [2.24, 2.45) is 0 Å². The maximum absolute atomic E-state index is 5.80. The average Bonchev–Trinajstić information content (AvgIpc) is 1.84. The molecule has 68 valence electrons. The molecule has 11 heavy (non-hydrogen) atoms. The van der Waals surface area contributed by atoms with Crippen LogP contribution < -0.4 is 0 Å². The van der Waals surface area contributed by atoms with Crippen LogP contribution in [-0.4, -0.2) is 27.4 Å². The molecule has 0 fully saturated rings. The van der Waals surface area contributed by atoms with E-state index < -0.39 is 27.4 Å². The largest absolute Gasteiger partial charge is 0.442 e. The van der Waals surface area contributed by atoms with Crippen molar-refractivity contribution in [3.05, 3.63) is 0 Å². The summed E-state index contributed by atoms with van der Waals surface area (Å²) in [7, 11) is -2.90. The van der Waals surface area contributed by atoms with Gasteiger partial charge in [-0.05, 0) is 32.2 Å². The Morgan fingerprint density at radius 2 is 1.27 bits per heavy atom. The minimum absolute atomic E-state index is 0.846. The fraction of sp³-hybridized carbons (Fsp3) is 1.00. The third-order valence-electron chi connectivity index (χ3n) is 1.18. The third kappa shape index (κ3) is 6.95. The lowest BCUT2D eigenvalue weighted by Crippen LogP contribution is -2.31. The average molecular weight is 208 g/mol. The smallest absolute Gasteiger partial charge is 0.300 e. The molecule has 0 radical (unpaired) electrons. The molecule has 0 aromatic rings. The summed E-state index contributed by atoms with van der Waals surface area (Å²) < 4.78 is 11.6. The number of hydrogen-bond donors (Lipinski definition) is 0. The van der Waals surface area contributed by atoms with E-state index in [4.69, 9.17) is 8.23 Å². The van der Waals surface area contributed by atoms with Crippen LogP contribution in [0.25, 0.3) is 0 Å². The summed E-state index contributed by atoms with van der Waals surface area (Å²) in [6.07, 6.45) is 0. The predicted octanol–water partition coefficient (Wildman–Crippen LogP) is 1.23. The van der Waals surface area contributed by atoms with Gasteiger partial charge < -0.3 is 8.23 Å². The van der Waals surface area contributed by atoms with Gasteiger partial charge in [0.15, 0.2) is 18.1 Å². The van der Waals surface area contributed by atoms with Gasteiger partial charge in [-0.25, -0.2) is 0 Å². The lowest BCUT2D eigenvalue weighted by Gasteiger charge is -2.19. The minimum Gasteiger partial charge on any atom is -0.442 e. The van der Waals surface area contributed by atoms with Crippen LogP contribution in [0.2, 0.25) is 32.2 Å². The Labute approximate surface area is 75.2 Å². The van der Waals surface area contributed by atoms with E-state index in [1.807, 2.05) is 0 Å². The Bertz CT molecular complexity index is 87.8. The second kappa shape index (κ2) is 6.13. The van der Waals surface area contributed by atoms with Crippen LogP contribution in [0, 0.1) is 0 Å². The highest BCUT2D eigenvalue weighted by molar-refractivity contribution is 6.67. The molecule has 0 rings (SSSR count). The summed E-state index contributed by atoms with van der Waals surface area (Å²) in [4.78, 5) is 0. The fourth-order valence-corrected chi connectivity index (χ4v) is 8.06. The molecule has 0 saturated carbocycles. The normalized spacial score (nSPS) is 12.0. The van der Waals surface area contributed by atoms with Crippen LogP contribution in [0.4, 0.5) is 0 Å². The quantitative estimate of drug-likeness (QED) is 0.633. The zero-order valence-corrected chi connectivity index (χ0v) is 11.7. The van der Waals surface area contributed by atoms with Gasteiger partial charge >= 0.3 is 0 Å². The highest BCUT2D eigenvalue weighted by Crippen LogP contribution is 2.00. The van der Waals surface area contributed by atoms with E-state index in [2.05, 4.69) is 33.1 Å². The molecule has 0 unspecified atom stereocenters. The monoisotopic (exact) mass is 208 g/mol. The van der Waals surface area contributed by atoms with E-state index >= 15 is 0 Å². The van der Waals surface area contributed by atoms with Gasteiger partial charge in [0, 0.05) is 0 Å². The van der Waals surface area contributed by atoms with Crippen LogP contribution >= 0.6 is 0 Å². The van der Waals surface area contributed by atoms with Gasteiger partial charge in [0.25, 0.3) is 9.28 Å². The molecule has 0 N–H and O–H groups in total. The maximum atomic E-state index is 5.80. The molecule has 0 aliphatic heterocycles. The number of hydrogen-bond acceptors (Lipinski definition) is 2. The molecule has 0 spiro atoms. The summed E-state index contributed by atoms with van der Waals surface area (Å²) in [5.74, 6) is 0. The lowest BCUT2D eigenvalue weighted by molar-refractivity contribution is 0.440. The molecular weight excluding hydrogens is 188 g/mol. The maximum Gasteiger partial charge on any atom is 0.300 e. The molecular formula is C6H20O2Si3. The SMILES string of the molecule is CC[SiH](O[SiH](C)C)O[SiH](C)C. The molecule has 0 heterocycles. The zero-order valence-electron chi connectivity index (χ0n) is 8.26. The second-order valence-electron chi connectivity index (χ2n) is 3.21. The van der Waals surface area contributed by atoms with Crippen LogP contribution in [0.1, 0.15) is 6.92 Å². The molecule has 0 atom stereocenters. The Balaban J connectivity index is 3.58. The predicted molar refractivity (Wildman–Crippen MR) is 57.6 cm³/mol. The molecule has 0 aromatic carbocycles. The van der Waals surface area contributed by atoms with Gasteiger partial charge in [-0.15, -0.1) is 0 Å². The van der Waals surface area contributed by atoms with Crippen LogP contribution in [0.3, 0.4) is 0 Å². The molecule has 2 nitrogen and oxygen atoms in total. The third-order valence-corrected chi connectivity index (χ3v) is 8.63. The molecule has 0 aliphatic rings. The summed E-state index contributed by atoms with van der Waals surface area (Å²) in [6, 6.07) is 1.12. The standard InChI is InChI=1S/C6H20O2Si3/c1-6-11(7-9(2)3)8-10(4)5/h9-11H,6H2,1-5H3. The first-order chi connectivity index (χ1) is 5.06. The van der Waals surface area contributed by atoms with Gasteiger partial charge in [-0.3, -0.25) is 0 Å². The van der Waals surface area contributed by atoms with E-state index in [1.54, 1.807) is 0 Å². The van der Waals surface area contributed by atoms with Crippen molar-refractivity contribution in [2.45, 2.75) is 39.2 Å². The van der Waals surface area contributed by atoms with Crippen molar-refractivity contribution in [2.75, 3.05) is 0 Å². The molecule has 0 aliphatic carbocycles. The lowest BCUT2D eigenvalue weighted by atomic mass is 11.0. The first-order valence-electron chi connectivity index (χ1n) is 4.37. The van der Waals surface area contributed by atoms with Gasteiger partial charge in [0.05, 0.1) is 0 Å². The van der Waals surface area contributed by atoms with E-state index in [1.165, 1.54) is 0 Å². The van der Waals surface area contributed by atoms with Crippen molar-refractivity contribution in [1.29, 1.82) is 0 Å². The van der Waals surface area contributed by atoms with Crippen molar-refractivity contribution in [3.8, 4) is 0 Å². The van der Waals surface area contributed by atoms with Crippen LogP contribution in [0.15, 0.2) is 0 Å². The van der Waals surface area contributed by atoms with E-state index in [9.17, 15) is 0 Å². The molecule has 5 heteroatoms. The molecule has 0 saturated heterocycles.